The molecular weight excluding hydrogens is 577 g/mol. The second-order valence-electron chi connectivity index (χ2n) is 11.2. The Morgan fingerprint density at radius 2 is 1.59 bits per heavy atom. The maximum Gasteiger partial charge on any atom is 0.270 e. The number of pyridine rings is 1. The van der Waals surface area contributed by atoms with Gasteiger partial charge in [-0.1, -0.05) is 80.0 Å². The van der Waals surface area contributed by atoms with Gasteiger partial charge in [0.25, 0.3) is 5.91 Å². The Balaban J connectivity index is 1.32. The number of likely N-dealkylation sites (N-methyl/N-ethyl adjacent to an activating group) is 1. The van der Waals surface area contributed by atoms with Gasteiger partial charge in [-0.25, -0.2) is 4.39 Å². The molecule has 0 spiro atoms. The number of nitrogens with zero attached hydrogens (tertiary/aromatic N) is 4. The zero-order valence-electron chi connectivity index (χ0n) is 25.3. The minimum Gasteiger partial charge on any atom is -0.339 e. The van der Waals surface area contributed by atoms with E-state index in [1.165, 1.54) is 6.07 Å². The van der Waals surface area contributed by atoms with E-state index in [1.54, 1.807) is 35.4 Å². The molecule has 9 heteroatoms. The van der Waals surface area contributed by atoms with Crippen molar-refractivity contribution in [2.45, 2.75) is 32.4 Å². The van der Waals surface area contributed by atoms with Crippen molar-refractivity contribution in [2.75, 3.05) is 45.8 Å². The lowest BCUT2D eigenvalue weighted by molar-refractivity contribution is -0.135. The number of amides is 2. The molecule has 1 fully saturated rings. The lowest BCUT2D eigenvalue weighted by Crippen LogP contribution is -2.56. The van der Waals surface area contributed by atoms with Gasteiger partial charge in [-0.3, -0.25) is 19.5 Å². The molecule has 1 saturated heterocycles. The summed E-state index contributed by atoms with van der Waals surface area (Å²) in [5, 5.41) is 5.41. The molecule has 0 bridgehead atoms. The molecule has 5 rings (SSSR count). The lowest BCUT2D eigenvalue weighted by atomic mass is 10.0. The number of fused-ring (bicyclic) bond motifs is 1. The number of carbonyl (C=O) groups excluding carboxylic acids is 2. The topological polar surface area (TPSA) is 68.8 Å². The van der Waals surface area contributed by atoms with Crippen molar-refractivity contribution in [1.82, 2.24) is 25.0 Å². The first-order valence-electron chi connectivity index (χ1n) is 15.3. The fourth-order valence-corrected chi connectivity index (χ4v) is 5.98. The quantitative estimate of drug-likeness (QED) is 0.238. The Labute approximate surface area is 263 Å². The van der Waals surface area contributed by atoms with Crippen molar-refractivity contribution >= 4 is 34.2 Å². The molecule has 0 aliphatic carbocycles. The van der Waals surface area contributed by atoms with E-state index >= 15 is 0 Å². The molecule has 2 heterocycles. The highest BCUT2D eigenvalue weighted by Crippen LogP contribution is 2.26. The summed E-state index contributed by atoms with van der Waals surface area (Å²) in [5.74, 6) is -0.767. The van der Waals surface area contributed by atoms with Crippen molar-refractivity contribution < 1.29 is 14.0 Å². The second kappa shape index (κ2) is 14.8. The molecule has 2 unspecified atom stereocenters. The number of halogens is 2. The van der Waals surface area contributed by atoms with Crippen molar-refractivity contribution in [3.8, 4) is 0 Å². The smallest absolute Gasteiger partial charge is 0.270 e. The molecule has 2 atom stereocenters. The number of nitrogens with one attached hydrogen (secondary N) is 1. The van der Waals surface area contributed by atoms with E-state index < -0.39 is 11.9 Å². The monoisotopic (exact) mass is 615 g/mol. The van der Waals surface area contributed by atoms with Crippen LogP contribution in [-0.4, -0.2) is 83.4 Å². The molecule has 3 aromatic carbocycles. The molecule has 230 valence electrons. The van der Waals surface area contributed by atoms with Crippen LogP contribution in [0.4, 0.5) is 4.39 Å². The SMILES string of the molecule is CCN(CC)CC(c1ccccc1F)N1CCN(C(=O)C(Cc2ccc(Cl)cc2)NC(=O)c2cc3ccccc3cn2)CC1. The largest absolute Gasteiger partial charge is 0.339 e. The molecule has 2 amide bonds. The number of piperazine rings is 1. The number of hydrogen-bond acceptors (Lipinski definition) is 5. The summed E-state index contributed by atoms with van der Waals surface area (Å²) in [6.07, 6.45) is 1.99. The maximum atomic E-state index is 15.0. The first kappa shape index (κ1) is 31.6. The molecule has 7 nitrogen and oxygen atoms in total. The minimum atomic E-state index is -0.790. The summed E-state index contributed by atoms with van der Waals surface area (Å²) >= 11 is 6.10. The number of benzene rings is 3. The van der Waals surface area contributed by atoms with E-state index in [4.69, 9.17) is 11.6 Å². The van der Waals surface area contributed by atoms with Gasteiger partial charge in [-0.15, -0.1) is 0 Å². The molecule has 44 heavy (non-hydrogen) atoms. The van der Waals surface area contributed by atoms with Gasteiger partial charge in [0.2, 0.25) is 5.91 Å². The van der Waals surface area contributed by atoms with Gasteiger partial charge >= 0.3 is 0 Å². The molecule has 1 aliphatic rings. The van der Waals surface area contributed by atoms with E-state index in [0.29, 0.717) is 49.7 Å². The van der Waals surface area contributed by atoms with Crippen LogP contribution in [0, 0.1) is 5.82 Å². The van der Waals surface area contributed by atoms with Gasteiger partial charge in [0.15, 0.2) is 0 Å². The standard InChI is InChI=1S/C35H39ClFN5O2/c1-3-40(4-2)24-33(29-11-7-8-12-30(29)37)41-17-19-42(20-18-41)35(44)32(21-25-13-15-28(36)16-14-25)39-34(43)31-22-26-9-5-6-10-27(26)23-38-31/h5-16,22-23,32-33H,3-4,17-21,24H2,1-2H3,(H,39,43). The average molecular weight is 616 g/mol. The molecular formula is C35H39ClFN5O2. The van der Waals surface area contributed by atoms with Crippen LogP contribution >= 0.6 is 11.6 Å². The fourth-order valence-electron chi connectivity index (χ4n) is 5.85. The summed E-state index contributed by atoms with van der Waals surface area (Å²) in [6.45, 7) is 8.82. The third kappa shape index (κ3) is 7.62. The highest BCUT2D eigenvalue weighted by Gasteiger charge is 2.33. The van der Waals surface area contributed by atoms with E-state index in [0.717, 1.165) is 29.4 Å². The molecule has 1 aromatic heterocycles. The summed E-state index contributed by atoms with van der Waals surface area (Å²) < 4.78 is 15.0. The predicted octanol–water partition coefficient (Wildman–Crippen LogP) is 5.60. The van der Waals surface area contributed by atoms with Gasteiger partial charge in [-0.2, -0.15) is 0 Å². The minimum absolute atomic E-state index is 0.128. The number of rotatable bonds is 11. The summed E-state index contributed by atoms with van der Waals surface area (Å²) in [7, 11) is 0. The highest BCUT2D eigenvalue weighted by molar-refractivity contribution is 6.30. The van der Waals surface area contributed by atoms with Crippen LogP contribution < -0.4 is 5.32 Å². The van der Waals surface area contributed by atoms with Crippen LogP contribution in [0.2, 0.25) is 5.02 Å². The van der Waals surface area contributed by atoms with Gasteiger partial charge in [-0.05, 0) is 48.3 Å². The van der Waals surface area contributed by atoms with Gasteiger partial charge in [0.05, 0.1) is 6.04 Å². The van der Waals surface area contributed by atoms with Crippen LogP contribution in [-0.2, 0) is 11.2 Å². The first-order chi connectivity index (χ1) is 21.4. The second-order valence-corrected chi connectivity index (χ2v) is 11.6. The van der Waals surface area contributed by atoms with Gasteiger partial charge in [0, 0.05) is 61.3 Å². The molecule has 0 saturated carbocycles. The van der Waals surface area contributed by atoms with Crippen molar-refractivity contribution in [2.24, 2.45) is 0 Å². The fraction of sp³-hybridized carbons (Fsp3) is 0.343. The van der Waals surface area contributed by atoms with Crippen LogP contribution in [0.25, 0.3) is 10.8 Å². The Hall–Kier alpha value is -3.85. The Bertz CT molecular complexity index is 1570. The van der Waals surface area contributed by atoms with E-state index in [9.17, 15) is 14.0 Å². The molecule has 0 radical (unpaired) electrons. The van der Waals surface area contributed by atoms with E-state index in [-0.39, 0.29) is 23.5 Å². The predicted molar refractivity (Wildman–Crippen MR) is 173 cm³/mol. The van der Waals surface area contributed by atoms with Crippen LogP contribution in [0.15, 0.2) is 85.1 Å². The highest BCUT2D eigenvalue weighted by atomic mass is 35.5. The third-order valence-electron chi connectivity index (χ3n) is 8.48. The van der Waals surface area contributed by atoms with E-state index in [2.05, 4.69) is 33.9 Å². The van der Waals surface area contributed by atoms with Gasteiger partial charge in [0.1, 0.15) is 17.6 Å². The normalized spacial score (nSPS) is 15.3. The zero-order chi connectivity index (χ0) is 31.1. The van der Waals surface area contributed by atoms with Crippen LogP contribution in [0.3, 0.4) is 0 Å². The Morgan fingerprint density at radius 3 is 2.27 bits per heavy atom. The van der Waals surface area contributed by atoms with Crippen molar-refractivity contribution in [3.05, 3.63) is 113 Å². The first-order valence-corrected chi connectivity index (χ1v) is 15.6. The summed E-state index contributed by atoms with van der Waals surface area (Å²) in [4.78, 5) is 38.1. The lowest BCUT2D eigenvalue weighted by Gasteiger charge is -2.42. The Morgan fingerprint density at radius 1 is 0.932 bits per heavy atom. The summed E-state index contributed by atoms with van der Waals surface area (Å²) in [6, 6.07) is 22.8. The number of hydrogen-bond donors (Lipinski definition) is 1. The molecule has 1 N–H and O–H groups in total. The maximum absolute atomic E-state index is 15.0. The Kier molecular flexibility index (Phi) is 10.6. The molecule has 1 aliphatic heterocycles. The van der Waals surface area contributed by atoms with E-state index in [1.807, 2.05) is 48.5 Å². The number of aromatic nitrogens is 1. The molecule has 4 aromatic rings. The average Bonchev–Trinajstić information content (AvgIpc) is 3.06. The van der Waals surface area contributed by atoms with Crippen molar-refractivity contribution in [3.63, 3.8) is 0 Å². The number of carbonyl (C=O) groups is 2. The van der Waals surface area contributed by atoms with Crippen LogP contribution in [0.1, 0.15) is 41.5 Å². The third-order valence-corrected chi connectivity index (χ3v) is 8.73. The summed E-state index contributed by atoms with van der Waals surface area (Å²) in [5.41, 5.74) is 1.82. The van der Waals surface area contributed by atoms with Crippen LogP contribution in [0.5, 0.6) is 0 Å². The zero-order valence-corrected chi connectivity index (χ0v) is 26.0. The van der Waals surface area contributed by atoms with Crippen molar-refractivity contribution in [1.29, 1.82) is 0 Å². The van der Waals surface area contributed by atoms with Gasteiger partial charge < -0.3 is 15.1 Å².